The molecule has 0 aromatic carbocycles. The lowest BCUT2D eigenvalue weighted by Crippen LogP contribution is -2.22. The van der Waals surface area contributed by atoms with Gasteiger partial charge in [-0.3, -0.25) is 4.98 Å². The summed E-state index contributed by atoms with van der Waals surface area (Å²) in [4.78, 5) is 3.32. The molecule has 0 aliphatic rings. The Hall–Kier alpha value is -1.76. The predicted octanol–water partition coefficient (Wildman–Crippen LogP) is 4.82. The quantitative estimate of drug-likeness (QED) is 0.633. The van der Waals surface area contributed by atoms with Crippen LogP contribution in [0.4, 0.5) is 22.0 Å². The van der Waals surface area contributed by atoms with Gasteiger partial charge in [0.1, 0.15) is 17.3 Å². The van der Waals surface area contributed by atoms with E-state index in [4.69, 9.17) is 5.73 Å². The summed E-state index contributed by atoms with van der Waals surface area (Å²) in [7, 11) is 0. The van der Waals surface area contributed by atoms with Crippen molar-refractivity contribution in [3.63, 3.8) is 0 Å². The number of pyridine rings is 1. The Kier molecular flexibility index (Phi) is 5.69. The molecule has 0 amide bonds. The minimum absolute atomic E-state index is 0.00422. The van der Waals surface area contributed by atoms with Crippen LogP contribution in [0.5, 0.6) is 0 Å². The van der Waals surface area contributed by atoms with Crippen molar-refractivity contribution in [2.75, 3.05) is 0 Å². The van der Waals surface area contributed by atoms with Gasteiger partial charge in [0.2, 0.25) is 0 Å². The summed E-state index contributed by atoms with van der Waals surface area (Å²) in [6.07, 6.45) is -2.61. The van der Waals surface area contributed by atoms with Crippen LogP contribution in [0, 0.1) is 0 Å². The van der Waals surface area contributed by atoms with Gasteiger partial charge < -0.3 is 5.73 Å². The van der Waals surface area contributed by atoms with Gasteiger partial charge in [0, 0.05) is 23.2 Å². The number of nitrogens with two attached hydrogens (primary N) is 1. The molecule has 1 heterocycles. The molecule has 23 heavy (non-hydrogen) atoms. The molecule has 128 valence electrons. The van der Waals surface area contributed by atoms with E-state index in [0.717, 1.165) is 31.3 Å². The Morgan fingerprint density at radius 2 is 1.78 bits per heavy atom. The van der Waals surface area contributed by atoms with Gasteiger partial charge in [-0.1, -0.05) is 6.07 Å². The molecule has 0 fully saturated rings. The van der Waals surface area contributed by atoms with Gasteiger partial charge >= 0.3 is 6.18 Å². The lowest BCUT2D eigenvalue weighted by atomic mass is 9.83. The van der Waals surface area contributed by atoms with Crippen molar-refractivity contribution < 1.29 is 22.0 Å². The number of halogens is 5. The van der Waals surface area contributed by atoms with Crippen molar-refractivity contribution in [3.8, 4) is 0 Å². The molecule has 2 N–H and O–H groups in total. The van der Waals surface area contributed by atoms with Crippen LogP contribution in [0.15, 0.2) is 41.6 Å². The third kappa shape index (κ3) is 4.60. The van der Waals surface area contributed by atoms with Crippen LogP contribution in [0.1, 0.15) is 39.0 Å². The summed E-state index contributed by atoms with van der Waals surface area (Å²) < 4.78 is 65.5. The van der Waals surface area contributed by atoms with Crippen molar-refractivity contribution >= 4 is 0 Å². The lowest BCUT2D eigenvalue weighted by Gasteiger charge is -2.24. The highest BCUT2D eigenvalue weighted by atomic mass is 19.4. The summed E-state index contributed by atoms with van der Waals surface area (Å²) in [6, 6.07) is 1.22. The zero-order valence-corrected chi connectivity index (χ0v) is 13.3. The fourth-order valence-electron chi connectivity index (χ4n) is 1.93. The molecule has 0 spiro atoms. The Morgan fingerprint density at radius 1 is 1.22 bits per heavy atom. The van der Waals surface area contributed by atoms with Crippen molar-refractivity contribution in [1.29, 1.82) is 0 Å². The van der Waals surface area contributed by atoms with Crippen LogP contribution in [0.3, 0.4) is 0 Å². The van der Waals surface area contributed by atoms with E-state index in [9.17, 15) is 22.0 Å². The molecule has 7 heteroatoms. The molecule has 1 atom stereocenters. The normalized spacial score (nSPS) is 16.2. The number of aromatic nitrogens is 1. The monoisotopic (exact) mass is 334 g/mol. The fraction of sp³-hybridized carbons (Fsp3) is 0.438. The van der Waals surface area contributed by atoms with Crippen LogP contribution < -0.4 is 5.73 Å². The Morgan fingerprint density at radius 3 is 2.13 bits per heavy atom. The first-order valence-electron chi connectivity index (χ1n) is 6.90. The van der Waals surface area contributed by atoms with E-state index < -0.39 is 35.0 Å². The molecule has 1 aromatic heterocycles. The van der Waals surface area contributed by atoms with Gasteiger partial charge in [-0.15, -0.1) is 0 Å². The maximum Gasteiger partial charge on any atom is 0.433 e. The van der Waals surface area contributed by atoms with E-state index in [2.05, 4.69) is 4.98 Å². The standard InChI is InChI=1S/C16H19F5N2/c1-9(17)12(10(2)22)7-13(18)15(3,4)11-5-6-14(23-8-11)16(19,20)21/h5-8,10H,22H2,1-4H3/b12-9-,13-7+/t10-/m0/s1. The van der Waals surface area contributed by atoms with Gasteiger partial charge in [0.05, 0.1) is 0 Å². The number of allylic oxidation sites excluding steroid dienone is 2. The van der Waals surface area contributed by atoms with Crippen LogP contribution in [0.2, 0.25) is 0 Å². The predicted molar refractivity (Wildman–Crippen MR) is 78.9 cm³/mol. The molecule has 2 nitrogen and oxygen atoms in total. The number of hydrogen-bond acceptors (Lipinski definition) is 2. The molecule has 0 aliphatic heterocycles. The SMILES string of the molecule is C/C(F)=C(\C=C(\F)C(C)(C)c1ccc(C(F)(F)F)nc1)[C@H](C)N. The molecule has 1 rings (SSSR count). The first kappa shape index (κ1) is 19.3. The number of alkyl halides is 3. The summed E-state index contributed by atoms with van der Waals surface area (Å²) >= 11 is 0. The van der Waals surface area contributed by atoms with Gasteiger partial charge in [0.25, 0.3) is 0 Å². The van der Waals surface area contributed by atoms with Gasteiger partial charge in [-0.25, -0.2) is 8.78 Å². The Labute approximate surface area is 131 Å². The second-order valence-corrected chi connectivity index (χ2v) is 5.82. The zero-order chi connectivity index (χ0) is 18.0. The summed E-state index contributed by atoms with van der Waals surface area (Å²) in [5.41, 5.74) is 3.49. The average Bonchev–Trinajstić information content (AvgIpc) is 2.42. The minimum Gasteiger partial charge on any atom is -0.324 e. The molecule has 1 aromatic rings. The minimum atomic E-state index is -4.56. The van der Waals surface area contributed by atoms with Crippen molar-refractivity contribution in [1.82, 2.24) is 4.98 Å². The van der Waals surface area contributed by atoms with E-state index in [1.165, 1.54) is 20.8 Å². The second-order valence-electron chi connectivity index (χ2n) is 5.82. The number of rotatable bonds is 4. The van der Waals surface area contributed by atoms with Gasteiger partial charge in [-0.05, 0) is 45.4 Å². The first-order valence-corrected chi connectivity index (χ1v) is 6.90. The van der Waals surface area contributed by atoms with Crippen molar-refractivity contribution in [2.24, 2.45) is 5.73 Å². The Balaban J connectivity index is 3.22. The van der Waals surface area contributed by atoms with Crippen molar-refractivity contribution in [2.45, 2.75) is 45.3 Å². The van der Waals surface area contributed by atoms with E-state index in [1.54, 1.807) is 0 Å². The second kappa shape index (κ2) is 6.78. The highest BCUT2D eigenvalue weighted by molar-refractivity contribution is 5.36. The molecule has 0 radical (unpaired) electrons. The van der Waals surface area contributed by atoms with Gasteiger partial charge in [0.15, 0.2) is 0 Å². The van der Waals surface area contributed by atoms with E-state index in [-0.39, 0.29) is 11.1 Å². The maximum atomic E-state index is 14.5. The van der Waals surface area contributed by atoms with E-state index in [0.29, 0.717) is 0 Å². The molecule has 0 unspecified atom stereocenters. The van der Waals surface area contributed by atoms with Crippen LogP contribution >= 0.6 is 0 Å². The fourth-order valence-corrected chi connectivity index (χ4v) is 1.93. The summed E-state index contributed by atoms with van der Waals surface area (Å²) in [5.74, 6) is -1.33. The van der Waals surface area contributed by atoms with Gasteiger partial charge in [-0.2, -0.15) is 13.2 Å². The zero-order valence-electron chi connectivity index (χ0n) is 13.3. The molecular weight excluding hydrogens is 315 g/mol. The topological polar surface area (TPSA) is 38.9 Å². The molecular formula is C16H19F5N2. The largest absolute Gasteiger partial charge is 0.433 e. The lowest BCUT2D eigenvalue weighted by molar-refractivity contribution is -0.141. The Bertz CT molecular complexity index is 606. The van der Waals surface area contributed by atoms with Crippen LogP contribution in [-0.2, 0) is 11.6 Å². The highest BCUT2D eigenvalue weighted by Crippen LogP contribution is 2.35. The molecule has 0 aliphatic carbocycles. The van der Waals surface area contributed by atoms with E-state index in [1.807, 2.05) is 0 Å². The summed E-state index contributed by atoms with van der Waals surface area (Å²) in [5, 5.41) is 0. The van der Waals surface area contributed by atoms with Crippen LogP contribution in [0.25, 0.3) is 0 Å². The third-order valence-corrected chi connectivity index (χ3v) is 3.54. The molecule has 0 saturated carbocycles. The van der Waals surface area contributed by atoms with Crippen LogP contribution in [-0.4, -0.2) is 11.0 Å². The number of nitrogens with zero attached hydrogens (tertiary/aromatic N) is 1. The maximum absolute atomic E-state index is 14.5. The van der Waals surface area contributed by atoms with Crippen molar-refractivity contribution in [3.05, 3.63) is 52.9 Å². The highest BCUT2D eigenvalue weighted by Gasteiger charge is 2.34. The average molecular weight is 334 g/mol. The van der Waals surface area contributed by atoms with E-state index >= 15 is 0 Å². The summed E-state index contributed by atoms with van der Waals surface area (Å²) in [6.45, 7) is 5.61. The molecule has 0 saturated heterocycles. The molecule has 0 bridgehead atoms. The third-order valence-electron chi connectivity index (χ3n) is 3.54. The first-order chi connectivity index (χ1) is 10.4. The number of hydrogen-bond donors (Lipinski definition) is 1. The smallest absolute Gasteiger partial charge is 0.324 e.